The van der Waals surface area contributed by atoms with Crippen molar-refractivity contribution < 1.29 is 13.2 Å². The Hall–Kier alpha value is -1.58. The second-order valence-electron chi connectivity index (χ2n) is 4.49. The zero-order valence-corrected chi connectivity index (χ0v) is 11.6. The van der Waals surface area contributed by atoms with Gasteiger partial charge in [0.2, 0.25) is 10.0 Å². The molecule has 1 heterocycles. The summed E-state index contributed by atoms with van der Waals surface area (Å²) in [6.45, 7) is 0.964. The molecule has 1 aliphatic rings. The summed E-state index contributed by atoms with van der Waals surface area (Å²) in [6.07, 6.45) is 1.04. The number of nitriles is 1. The van der Waals surface area contributed by atoms with Gasteiger partial charge in [-0.15, -0.1) is 0 Å². The van der Waals surface area contributed by atoms with E-state index >= 15 is 0 Å². The summed E-state index contributed by atoms with van der Waals surface area (Å²) in [5.41, 5.74) is 0.970. The third-order valence-corrected chi connectivity index (χ3v) is 5.60. The van der Waals surface area contributed by atoms with Crippen LogP contribution in [0.15, 0.2) is 24.3 Å². The van der Waals surface area contributed by atoms with E-state index in [1.54, 1.807) is 24.3 Å². The first-order valence-corrected chi connectivity index (χ1v) is 7.61. The van der Waals surface area contributed by atoms with E-state index in [0.717, 1.165) is 0 Å². The highest BCUT2D eigenvalue weighted by molar-refractivity contribution is 7.93. The Labute approximate surface area is 113 Å². The number of hydrogen-bond donors (Lipinski definition) is 0. The van der Waals surface area contributed by atoms with Crippen LogP contribution in [0, 0.1) is 11.3 Å². The molecule has 2 rings (SSSR count). The standard InChI is InChI=1S/C13H16N2O3S/c1-15(12-4-2-3-11(9-12)10-14)19(16,17)13-5-7-18-8-6-13/h2-4,9,13H,5-8H2,1H3. The second-order valence-corrected chi connectivity index (χ2v) is 6.73. The SMILES string of the molecule is CN(c1cccc(C#N)c1)S(=O)(=O)C1CCOCC1. The van der Waals surface area contributed by atoms with E-state index in [9.17, 15) is 8.42 Å². The van der Waals surface area contributed by atoms with Gasteiger partial charge in [0.25, 0.3) is 0 Å². The number of sulfonamides is 1. The first kappa shape index (κ1) is 13.8. The van der Waals surface area contributed by atoms with Crippen LogP contribution in [0.25, 0.3) is 0 Å². The van der Waals surface area contributed by atoms with Gasteiger partial charge in [0, 0.05) is 20.3 Å². The molecule has 6 heteroatoms. The lowest BCUT2D eigenvalue weighted by Gasteiger charge is -2.28. The van der Waals surface area contributed by atoms with Crippen LogP contribution in [0.1, 0.15) is 18.4 Å². The molecule has 0 aliphatic carbocycles. The van der Waals surface area contributed by atoms with Gasteiger partial charge in [0.15, 0.2) is 0 Å². The normalized spacial score (nSPS) is 16.8. The Morgan fingerprint density at radius 2 is 2.05 bits per heavy atom. The Balaban J connectivity index is 2.26. The molecule has 0 saturated carbocycles. The molecule has 1 aliphatic heterocycles. The van der Waals surface area contributed by atoms with Gasteiger partial charge in [-0.1, -0.05) is 6.07 Å². The van der Waals surface area contributed by atoms with Gasteiger partial charge in [-0.3, -0.25) is 4.31 Å². The molecule has 0 radical (unpaired) electrons. The Morgan fingerprint density at radius 1 is 1.37 bits per heavy atom. The van der Waals surface area contributed by atoms with Gasteiger partial charge in [-0.25, -0.2) is 8.42 Å². The lowest BCUT2D eigenvalue weighted by Crippen LogP contribution is -2.39. The van der Waals surface area contributed by atoms with Crippen LogP contribution < -0.4 is 4.31 Å². The summed E-state index contributed by atoms with van der Waals surface area (Å²) in [4.78, 5) is 0. The van der Waals surface area contributed by atoms with Gasteiger partial charge in [-0.2, -0.15) is 5.26 Å². The second kappa shape index (κ2) is 5.59. The van der Waals surface area contributed by atoms with E-state index in [2.05, 4.69) is 0 Å². The molecule has 19 heavy (non-hydrogen) atoms. The molecule has 0 N–H and O–H groups in total. The first-order chi connectivity index (χ1) is 9.05. The third-order valence-electron chi connectivity index (χ3n) is 3.31. The summed E-state index contributed by atoms with van der Waals surface area (Å²) in [7, 11) is -1.87. The lowest BCUT2D eigenvalue weighted by atomic mass is 10.2. The zero-order chi connectivity index (χ0) is 13.9. The molecule has 0 amide bonds. The maximum atomic E-state index is 12.5. The molecule has 5 nitrogen and oxygen atoms in total. The zero-order valence-electron chi connectivity index (χ0n) is 10.7. The average Bonchev–Trinajstić information content (AvgIpc) is 2.47. The molecule has 0 spiro atoms. The molecule has 0 atom stereocenters. The molecular weight excluding hydrogens is 264 g/mol. The fourth-order valence-electron chi connectivity index (χ4n) is 2.12. The number of anilines is 1. The fraction of sp³-hybridized carbons (Fsp3) is 0.462. The number of rotatable bonds is 3. The quantitative estimate of drug-likeness (QED) is 0.841. The van der Waals surface area contributed by atoms with Crippen LogP contribution in [0.2, 0.25) is 0 Å². The smallest absolute Gasteiger partial charge is 0.237 e. The van der Waals surface area contributed by atoms with Crippen LogP contribution in [0.5, 0.6) is 0 Å². The molecule has 1 fully saturated rings. The van der Waals surface area contributed by atoms with Crippen molar-refractivity contribution in [2.24, 2.45) is 0 Å². The van der Waals surface area contributed by atoms with Crippen molar-refractivity contribution >= 4 is 15.7 Å². The third kappa shape index (κ3) is 2.88. The van der Waals surface area contributed by atoms with Crippen molar-refractivity contribution in [2.75, 3.05) is 24.6 Å². The monoisotopic (exact) mass is 280 g/mol. The first-order valence-electron chi connectivity index (χ1n) is 6.11. The highest BCUT2D eigenvalue weighted by atomic mass is 32.2. The van der Waals surface area contributed by atoms with E-state index in [0.29, 0.717) is 37.3 Å². The van der Waals surface area contributed by atoms with E-state index in [1.165, 1.54) is 11.4 Å². The van der Waals surface area contributed by atoms with Gasteiger partial charge >= 0.3 is 0 Å². The minimum atomic E-state index is -3.40. The summed E-state index contributed by atoms with van der Waals surface area (Å²) in [6, 6.07) is 8.62. The van der Waals surface area contributed by atoms with E-state index < -0.39 is 15.3 Å². The van der Waals surface area contributed by atoms with Crippen molar-refractivity contribution in [3.05, 3.63) is 29.8 Å². The van der Waals surface area contributed by atoms with Crippen molar-refractivity contribution in [3.63, 3.8) is 0 Å². The highest BCUT2D eigenvalue weighted by Crippen LogP contribution is 2.24. The number of ether oxygens (including phenoxy) is 1. The van der Waals surface area contributed by atoms with E-state index in [1.807, 2.05) is 6.07 Å². The average molecular weight is 280 g/mol. The van der Waals surface area contributed by atoms with Crippen molar-refractivity contribution in [1.29, 1.82) is 5.26 Å². The Morgan fingerprint density at radius 3 is 2.68 bits per heavy atom. The van der Waals surface area contributed by atoms with Gasteiger partial charge in [0.05, 0.1) is 22.6 Å². The largest absolute Gasteiger partial charge is 0.381 e. The highest BCUT2D eigenvalue weighted by Gasteiger charge is 2.31. The van der Waals surface area contributed by atoms with E-state index in [-0.39, 0.29) is 0 Å². The fourth-order valence-corrected chi connectivity index (χ4v) is 3.76. The molecule has 1 aromatic carbocycles. The van der Waals surface area contributed by atoms with E-state index in [4.69, 9.17) is 10.00 Å². The van der Waals surface area contributed by atoms with Crippen LogP contribution >= 0.6 is 0 Å². The lowest BCUT2D eigenvalue weighted by molar-refractivity contribution is 0.0983. The molecule has 0 unspecified atom stereocenters. The molecule has 1 aromatic rings. The summed E-state index contributed by atoms with van der Waals surface area (Å²) in [5.74, 6) is 0. The van der Waals surface area contributed by atoms with Crippen LogP contribution in [-0.2, 0) is 14.8 Å². The number of benzene rings is 1. The molecular formula is C13H16N2O3S. The van der Waals surface area contributed by atoms with Gasteiger partial charge < -0.3 is 4.74 Å². The Kier molecular flexibility index (Phi) is 4.08. The molecule has 0 bridgehead atoms. The van der Waals surface area contributed by atoms with Gasteiger partial charge in [0.1, 0.15) is 0 Å². The maximum absolute atomic E-state index is 12.5. The summed E-state index contributed by atoms with van der Waals surface area (Å²) >= 11 is 0. The summed E-state index contributed by atoms with van der Waals surface area (Å²) in [5, 5.41) is 8.46. The predicted octanol–water partition coefficient (Wildman–Crippen LogP) is 1.50. The maximum Gasteiger partial charge on any atom is 0.237 e. The number of hydrogen-bond acceptors (Lipinski definition) is 4. The summed E-state index contributed by atoms with van der Waals surface area (Å²) < 4.78 is 31.4. The number of nitrogens with zero attached hydrogens (tertiary/aromatic N) is 2. The molecule has 1 saturated heterocycles. The molecule has 0 aromatic heterocycles. The predicted molar refractivity (Wildman–Crippen MR) is 72.3 cm³/mol. The van der Waals surface area contributed by atoms with Crippen LogP contribution in [0.4, 0.5) is 5.69 Å². The Bertz CT molecular complexity index is 586. The minimum Gasteiger partial charge on any atom is -0.381 e. The minimum absolute atomic E-state index is 0.406. The van der Waals surface area contributed by atoms with Crippen molar-refractivity contribution in [2.45, 2.75) is 18.1 Å². The van der Waals surface area contributed by atoms with Crippen molar-refractivity contribution in [3.8, 4) is 6.07 Å². The molecule has 102 valence electrons. The topological polar surface area (TPSA) is 70.4 Å². The van der Waals surface area contributed by atoms with Crippen molar-refractivity contribution in [1.82, 2.24) is 0 Å². The van der Waals surface area contributed by atoms with Crippen LogP contribution in [0.3, 0.4) is 0 Å². The van der Waals surface area contributed by atoms with Crippen LogP contribution in [-0.4, -0.2) is 33.9 Å². The van der Waals surface area contributed by atoms with Gasteiger partial charge in [-0.05, 0) is 31.0 Å².